The Kier molecular flexibility index (Phi) is 4.02. The maximum Gasteiger partial charge on any atom is 0.148 e. The molecule has 0 heterocycles. The highest BCUT2D eigenvalue weighted by Gasteiger charge is 2.10. The number of halogens is 3. The van der Waals surface area contributed by atoms with E-state index in [0.717, 1.165) is 24.3 Å². The van der Waals surface area contributed by atoms with E-state index >= 15 is 0 Å². The third kappa shape index (κ3) is 2.96. The van der Waals surface area contributed by atoms with E-state index in [-0.39, 0.29) is 23.5 Å². The lowest BCUT2D eigenvalue weighted by atomic mass is 10.2. The Morgan fingerprint density at radius 1 is 1.10 bits per heavy atom. The number of nitrogens with one attached hydrogen (secondary N) is 1. The summed E-state index contributed by atoms with van der Waals surface area (Å²) < 4.78 is 45.1. The van der Waals surface area contributed by atoms with Crippen LogP contribution in [0.1, 0.15) is 5.56 Å². The summed E-state index contributed by atoms with van der Waals surface area (Å²) in [6.07, 6.45) is 0. The predicted molar refractivity (Wildman–Crippen MR) is 71.0 cm³/mol. The summed E-state index contributed by atoms with van der Waals surface area (Å²) in [5.74, 6) is -1.42. The zero-order valence-electron chi connectivity index (χ0n) is 10.7. The van der Waals surface area contributed by atoms with Crippen molar-refractivity contribution < 1.29 is 17.9 Å². The van der Waals surface area contributed by atoms with Crippen molar-refractivity contribution in [3.05, 3.63) is 53.3 Å². The molecule has 0 fully saturated rings. The molecule has 3 N–H and O–H groups in total. The van der Waals surface area contributed by atoms with Crippen LogP contribution in [-0.2, 0) is 6.54 Å². The van der Waals surface area contributed by atoms with E-state index in [1.807, 2.05) is 0 Å². The van der Waals surface area contributed by atoms with Gasteiger partial charge in [0.05, 0.1) is 18.5 Å². The van der Waals surface area contributed by atoms with Crippen LogP contribution < -0.4 is 15.8 Å². The molecule has 0 saturated carbocycles. The Balaban J connectivity index is 2.20. The van der Waals surface area contributed by atoms with Gasteiger partial charge in [-0.2, -0.15) is 0 Å². The third-order valence-electron chi connectivity index (χ3n) is 2.80. The molecule has 0 spiro atoms. The van der Waals surface area contributed by atoms with Crippen molar-refractivity contribution in [3.8, 4) is 5.75 Å². The van der Waals surface area contributed by atoms with Crippen LogP contribution in [0.15, 0.2) is 30.3 Å². The van der Waals surface area contributed by atoms with E-state index in [1.54, 1.807) is 0 Å². The molecule has 0 unspecified atom stereocenters. The number of nitrogens with two attached hydrogens (primary N) is 1. The molecule has 2 rings (SSSR count). The van der Waals surface area contributed by atoms with Crippen LogP contribution in [0.3, 0.4) is 0 Å². The van der Waals surface area contributed by atoms with Gasteiger partial charge in [-0.1, -0.05) is 0 Å². The Labute approximate surface area is 114 Å². The molecule has 0 bridgehead atoms. The molecule has 20 heavy (non-hydrogen) atoms. The second kappa shape index (κ2) is 5.73. The fourth-order valence-corrected chi connectivity index (χ4v) is 1.75. The SMILES string of the molecule is COc1cc(NCc2cc(F)ccc2F)c(F)cc1N. The molecule has 0 amide bonds. The highest BCUT2D eigenvalue weighted by Crippen LogP contribution is 2.28. The van der Waals surface area contributed by atoms with Gasteiger partial charge in [0.15, 0.2) is 0 Å². The summed E-state index contributed by atoms with van der Waals surface area (Å²) in [6, 6.07) is 5.55. The van der Waals surface area contributed by atoms with Gasteiger partial charge in [-0.25, -0.2) is 13.2 Å². The number of rotatable bonds is 4. The van der Waals surface area contributed by atoms with Crippen molar-refractivity contribution >= 4 is 11.4 Å². The number of anilines is 2. The Morgan fingerprint density at radius 3 is 2.55 bits per heavy atom. The Bertz CT molecular complexity index is 632. The molecule has 0 saturated heterocycles. The van der Waals surface area contributed by atoms with Crippen molar-refractivity contribution in [1.29, 1.82) is 0 Å². The van der Waals surface area contributed by atoms with Crippen molar-refractivity contribution in [1.82, 2.24) is 0 Å². The molecular weight excluding hydrogens is 269 g/mol. The lowest BCUT2D eigenvalue weighted by Crippen LogP contribution is -2.05. The molecule has 0 radical (unpaired) electrons. The molecular formula is C14H13F3N2O. The summed E-state index contributed by atoms with van der Waals surface area (Å²) in [5.41, 5.74) is 5.90. The van der Waals surface area contributed by atoms with E-state index in [0.29, 0.717) is 5.75 Å². The van der Waals surface area contributed by atoms with Crippen LogP contribution in [0.25, 0.3) is 0 Å². The van der Waals surface area contributed by atoms with Crippen LogP contribution in [-0.4, -0.2) is 7.11 Å². The molecule has 0 aromatic heterocycles. The fraction of sp³-hybridized carbons (Fsp3) is 0.143. The normalized spacial score (nSPS) is 10.4. The van der Waals surface area contributed by atoms with Gasteiger partial charge in [-0.15, -0.1) is 0 Å². The van der Waals surface area contributed by atoms with Crippen molar-refractivity contribution in [3.63, 3.8) is 0 Å². The van der Waals surface area contributed by atoms with Crippen molar-refractivity contribution in [2.75, 3.05) is 18.2 Å². The van der Waals surface area contributed by atoms with E-state index in [2.05, 4.69) is 5.32 Å². The maximum absolute atomic E-state index is 13.7. The van der Waals surface area contributed by atoms with Gasteiger partial charge in [0.25, 0.3) is 0 Å². The van der Waals surface area contributed by atoms with Gasteiger partial charge < -0.3 is 15.8 Å². The van der Waals surface area contributed by atoms with Crippen LogP contribution in [0.5, 0.6) is 5.75 Å². The summed E-state index contributed by atoms with van der Waals surface area (Å²) in [5, 5.41) is 2.68. The maximum atomic E-state index is 13.7. The van der Waals surface area contributed by atoms with Gasteiger partial charge >= 0.3 is 0 Å². The molecule has 2 aromatic carbocycles. The number of hydrogen-bond donors (Lipinski definition) is 2. The number of ether oxygens (including phenoxy) is 1. The highest BCUT2D eigenvalue weighted by atomic mass is 19.1. The number of methoxy groups -OCH3 is 1. The number of benzene rings is 2. The smallest absolute Gasteiger partial charge is 0.148 e. The topological polar surface area (TPSA) is 47.3 Å². The van der Waals surface area contributed by atoms with Crippen LogP contribution in [0, 0.1) is 17.5 Å². The molecule has 0 aliphatic rings. The highest BCUT2D eigenvalue weighted by molar-refractivity contribution is 5.62. The zero-order chi connectivity index (χ0) is 14.7. The molecule has 0 atom stereocenters. The van der Waals surface area contributed by atoms with Gasteiger partial charge in [-0.3, -0.25) is 0 Å². The second-order valence-electron chi connectivity index (χ2n) is 4.16. The van der Waals surface area contributed by atoms with E-state index in [4.69, 9.17) is 10.5 Å². The number of hydrogen-bond acceptors (Lipinski definition) is 3. The summed E-state index contributed by atoms with van der Waals surface area (Å²) in [6.45, 7) is -0.0619. The summed E-state index contributed by atoms with van der Waals surface area (Å²) in [4.78, 5) is 0. The first-order valence-corrected chi connectivity index (χ1v) is 5.82. The average Bonchev–Trinajstić information content (AvgIpc) is 2.41. The lowest BCUT2D eigenvalue weighted by molar-refractivity contribution is 0.416. The van der Waals surface area contributed by atoms with Crippen molar-refractivity contribution in [2.45, 2.75) is 6.54 Å². The minimum absolute atomic E-state index is 0.0619. The first-order valence-electron chi connectivity index (χ1n) is 5.82. The van der Waals surface area contributed by atoms with E-state index in [1.165, 1.54) is 13.2 Å². The monoisotopic (exact) mass is 282 g/mol. The minimum Gasteiger partial charge on any atom is -0.495 e. The summed E-state index contributed by atoms with van der Waals surface area (Å²) in [7, 11) is 1.40. The van der Waals surface area contributed by atoms with Crippen molar-refractivity contribution in [2.24, 2.45) is 0 Å². The quantitative estimate of drug-likeness (QED) is 0.846. The van der Waals surface area contributed by atoms with Gasteiger partial charge in [-0.05, 0) is 18.2 Å². The molecule has 0 aliphatic carbocycles. The lowest BCUT2D eigenvalue weighted by Gasteiger charge is -2.12. The van der Waals surface area contributed by atoms with Crippen LogP contribution in [0.2, 0.25) is 0 Å². The van der Waals surface area contributed by atoms with Crippen LogP contribution >= 0.6 is 0 Å². The molecule has 0 aliphatic heterocycles. The van der Waals surface area contributed by atoms with Gasteiger partial charge in [0.1, 0.15) is 23.2 Å². The third-order valence-corrected chi connectivity index (χ3v) is 2.80. The molecule has 6 heteroatoms. The molecule has 106 valence electrons. The minimum atomic E-state index is -0.597. The second-order valence-corrected chi connectivity index (χ2v) is 4.16. The first-order chi connectivity index (χ1) is 9.51. The molecule has 2 aromatic rings. The number of nitrogen functional groups attached to an aromatic ring is 1. The zero-order valence-corrected chi connectivity index (χ0v) is 10.7. The van der Waals surface area contributed by atoms with Gasteiger partial charge in [0.2, 0.25) is 0 Å². The Hall–Kier alpha value is -2.37. The van der Waals surface area contributed by atoms with Crippen LogP contribution in [0.4, 0.5) is 24.5 Å². The van der Waals surface area contributed by atoms with Gasteiger partial charge in [0, 0.05) is 24.2 Å². The standard InChI is InChI=1S/C14H13F3N2O/c1-20-14-6-13(11(17)5-12(14)18)19-7-8-4-9(15)2-3-10(8)16/h2-6,19H,7,18H2,1H3. The Morgan fingerprint density at radius 2 is 1.85 bits per heavy atom. The summed E-state index contributed by atoms with van der Waals surface area (Å²) >= 11 is 0. The van der Waals surface area contributed by atoms with E-state index in [9.17, 15) is 13.2 Å². The predicted octanol–water partition coefficient (Wildman–Crippen LogP) is 3.31. The first kappa shape index (κ1) is 14.0. The average molecular weight is 282 g/mol. The largest absolute Gasteiger partial charge is 0.495 e. The molecule has 3 nitrogen and oxygen atoms in total. The van der Waals surface area contributed by atoms with E-state index < -0.39 is 17.5 Å². The fourth-order valence-electron chi connectivity index (χ4n) is 1.75.